The summed E-state index contributed by atoms with van der Waals surface area (Å²) in [5.41, 5.74) is 0.270. The standard InChI is InChI=1S/C12H20O/c1-9(2)11(12(3,4)5)10-7-6-8-13-10/h6-9,11H,1-5H3. The molecule has 0 saturated heterocycles. The topological polar surface area (TPSA) is 13.1 Å². The van der Waals surface area contributed by atoms with Crippen molar-refractivity contribution in [3.63, 3.8) is 0 Å². The highest BCUT2D eigenvalue weighted by atomic mass is 16.3. The maximum atomic E-state index is 5.48. The van der Waals surface area contributed by atoms with Gasteiger partial charge in [0.15, 0.2) is 0 Å². The Morgan fingerprint density at radius 3 is 2.15 bits per heavy atom. The Balaban J connectivity index is 2.94. The van der Waals surface area contributed by atoms with Gasteiger partial charge in [0.1, 0.15) is 5.76 Å². The quantitative estimate of drug-likeness (QED) is 0.668. The maximum absolute atomic E-state index is 5.48. The lowest BCUT2D eigenvalue weighted by molar-refractivity contribution is 0.224. The highest BCUT2D eigenvalue weighted by Gasteiger charge is 2.30. The second-order valence-corrected chi connectivity index (χ2v) is 5.10. The van der Waals surface area contributed by atoms with Crippen LogP contribution >= 0.6 is 0 Å². The summed E-state index contributed by atoms with van der Waals surface area (Å²) >= 11 is 0. The van der Waals surface area contributed by atoms with Gasteiger partial charge in [-0.15, -0.1) is 0 Å². The van der Waals surface area contributed by atoms with Crippen LogP contribution < -0.4 is 0 Å². The molecule has 0 fully saturated rings. The predicted octanol–water partition coefficient (Wildman–Crippen LogP) is 4.07. The van der Waals surface area contributed by atoms with Crippen LogP contribution in [0.15, 0.2) is 22.8 Å². The highest BCUT2D eigenvalue weighted by Crippen LogP contribution is 2.40. The third-order valence-electron chi connectivity index (χ3n) is 2.45. The molecule has 0 radical (unpaired) electrons. The molecule has 1 unspecified atom stereocenters. The smallest absolute Gasteiger partial charge is 0.107 e. The molecule has 1 rings (SSSR count). The second kappa shape index (κ2) is 3.57. The third-order valence-corrected chi connectivity index (χ3v) is 2.45. The van der Waals surface area contributed by atoms with Crippen molar-refractivity contribution in [1.29, 1.82) is 0 Å². The van der Waals surface area contributed by atoms with Crippen molar-refractivity contribution in [2.45, 2.75) is 40.5 Å². The van der Waals surface area contributed by atoms with Crippen molar-refractivity contribution < 1.29 is 4.42 Å². The Bertz CT molecular complexity index is 239. The van der Waals surface area contributed by atoms with Gasteiger partial charge >= 0.3 is 0 Å². The average Bonchev–Trinajstić information content (AvgIpc) is 2.34. The molecule has 1 aromatic rings. The van der Waals surface area contributed by atoms with E-state index in [1.54, 1.807) is 6.26 Å². The van der Waals surface area contributed by atoms with Crippen molar-refractivity contribution in [2.24, 2.45) is 11.3 Å². The summed E-state index contributed by atoms with van der Waals surface area (Å²) in [4.78, 5) is 0. The lowest BCUT2D eigenvalue weighted by Crippen LogP contribution is -2.22. The number of furan rings is 1. The van der Waals surface area contributed by atoms with Gasteiger partial charge in [0, 0.05) is 5.92 Å². The first-order chi connectivity index (χ1) is 5.93. The normalized spacial score (nSPS) is 14.9. The van der Waals surface area contributed by atoms with Crippen molar-refractivity contribution >= 4 is 0 Å². The molecule has 13 heavy (non-hydrogen) atoms. The van der Waals surface area contributed by atoms with Crippen LogP contribution in [0.25, 0.3) is 0 Å². The van der Waals surface area contributed by atoms with Crippen molar-refractivity contribution in [2.75, 3.05) is 0 Å². The number of hydrogen-bond donors (Lipinski definition) is 0. The van der Waals surface area contributed by atoms with E-state index in [4.69, 9.17) is 4.42 Å². The van der Waals surface area contributed by atoms with Gasteiger partial charge in [0.2, 0.25) is 0 Å². The van der Waals surface area contributed by atoms with Crippen LogP contribution in [0, 0.1) is 11.3 Å². The molecule has 1 nitrogen and oxygen atoms in total. The molecule has 74 valence electrons. The zero-order valence-electron chi connectivity index (χ0n) is 9.29. The molecular weight excluding hydrogens is 160 g/mol. The Morgan fingerprint density at radius 2 is 1.85 bits per heavy atom. The minimum absolute atomic E-state index is 0.270. The van der Waals surface area contributed by atoms with Crippen molar-refractivity contribution in [1.82, 2.24) is 0 Å². The lowest BCUT2D eigenvalue weighted by atomic mass is 9.73. The SMILES string of the molecule is CC(C)C(c1ccco1)C(C)(C)C. The molecule has 1 heteroatoms. The molecule has 0 spiro atoms. The van der Waals surface area contributed by atoms with Crippen LogP contribution in [-0.4, -0.2) is 0 Å². The lowest BCUT2D eigenvalue weighted by Gasteiger charge is -2.32. The van der Waals surface area contributed by atoms with Crippen LogP contribution in [0.3, 0.4) is 0 Å². The van der Waals surface area contributed by atoms with E-state index in [9.17, 15) is 0 Å². The molecule has 0 bridgehead atoms. The van der Waals surface area contributed by atoms with Gasteiger partial charge in [-0.25, -0.2) is 0 Å². The van der Waals surface area contributed by atoms with Crippen molar-refractivity contribution in [3.05, 3.63) is 24.2 Å². The minimum Gasteiger partial charge on any atom is -0.469 e. The summed E-state index contributed by atoms with van der Waals surface area (Å²) < 4.78 is 5.48. The van der Waals surface area contributed by atoms with E-state index in [1.165, 1.54) is 0 Å². The van der Waals surface area contributed by atoms with E-state index < -0.39 is 0 Å². The van der Waals surface area contributed by atoms with E-state index in [2.05, 4.69) is 40.7 Å². The van der Waals surface area contributed by atoms with Gasteiger partial charge in [0.05, 0.1) is 6.26 Å². The summed E-state index contributed by atoms with van der Waals surface area (Å²) in [6, 6.07) is 4.05. The Kier molecular flexibility index (Phi) is 2.84. The Hall–Kier alpha value is -0.720. The summed E-state index contributed by atoms with van der Waals surface area (Å²) in [6.07, 6.45) is 1.76. The summed E-state index contributed by atoms with van der Waals surface area (Å²) in [7, 11) is 0. The average molecular weight is 180 g/mol. The molecule has 1 atom stereocenters. The first-order valence-electron chi connectivity index (χ1n) is 4.96. The molecule has 1 heterocycles. The van der Waals surface area contributed by atoms with Crippen LogP contribution in [0.2, 0.25) is 0 Å². The van der Waals surface area contributed by atoms with E-state index in [1.807, 2.05) is 6.07 Å². The van der Waals surface area contributed by atoms with Gasteiger partial charge in [-0.2, -0.15) is 0 Å². The Morgan fingerprint density at radius 1 is 1.23 bits per heavy atom. The molecule has 0 aliphatic heterocycles. The fourth-order valence-corrected chi connectivity index (χ4v) is 2.22. The highest BCUT2D eigenvalue weighted by molar-refractivity contribution is 5.09. The minimum atomic E-state index is 0.270. The molecule has 1 aromatic heterocycles. The van der Waals surface area contributed by atoms with Gasteiger partial charge in [-0.05, 0) is 23.5 Å². The molecule has 0 aliphatic rings. The zero-order valence-corrected chi connectivity index (χ0v) is 9.29. The van der Waals surface area contributed by atoms with Gasteiger partial charge in [-0.1, -0.05) is 34.6 Å². The predicted molar refractivity (Wildman–Crippen MR) is 55.7 cm³/mol. The fourth-order valence-electron chi connectivity index (χ4n) is 2.22. The molecule has 0 amide bonds. The van der Waals surface area contributed by atoms with Crippen LogP contribution in [0.1, 0.15) is 46.3 Å². The summed E-state index contributed by atoms with van der Waals surface area (Å²) in [5, 5.41) is 0. The summed E-state index contributed by atoms with van der Waals surface area (Å²) in [6.45, 7) is 11.3. The monoisotopic (exact) mass is 180 g/mol. The molecule has 0 aromatic carbocycles. The van der Waals surface area contributed by atoms with Gasteiger partial charge in [0.25, 0.3) is 0 Å². The number of rotatable bonds is 2. The van der Waals surface area contributed by atoms with Gasteiger partial charge < -0.3 is 4.42 Å². The van der Waals surface area contributed by atoms with Crippen molar-refractivity contribution in [3.8, 4) is 0 Å². The van der Waals surface area contributed by atoms with Crippen LogP contribution in [0.4, 0.5) is 0 Å². The largest absolute Gasteiger partial charge is 0.469 e. The van der Waals surface area contributed by atoms with Crippen LogP contribution in [-0.2, 0) is 0 Å². The molecule has 0 N–H and O–H groups in total. The zero-order chi connectivity index (χ0) is 10.1. The first kappa shape index (κ1) is 10.4. The molecule has 0 saturated carbocycles. The summed E-state index contributed by atoms with van der Waals surface area (Å²) in [5.74, 6) is 2.23. The van der Waals surface area contributed by atoms with E-state index in [0.29, 0.717) is 11.8 Å². The molecular formula is C12H20O. The fraction of sp³-hybridized carbons (Fsp3) is 0.667. The Labute approximate surface area is 81.1 Å². The first-order valence-corrected chi connectivity index (χ1v) is 4.96. The van der Waals surface area contributed by atoms with E-state index >= 15 is 0 Å². The maximum Gasteiger partial charge on any atom is 0.107 e. The second-order valence-electron chi connectivity index (χ2n) is 5.10. The molecule has 0 aliphatic carbocycles. The van der Waals surface area contributed by atoms with Gasteiger partial charge in [-0.3, -0.25) is 0 Å². The van der Waals surface area contributed by atoms with Crippen LogP contribution in [0.5, 0.6) is 0 Å². The van der Waals surface area contributed by atoms with E-state index in [0.717, 1.165) is 5.76 Å². The van der Waals surface area contributed by atoms with E-state index in [-0.39, 0.29) is 5.41 Å². The third kappa shape index (κ3) is 2.36. The number of hydrogen-bond acceptors (Lipinski definition) is 1.